The minimum atomic E-state index is -1.06. The van der Waals surface area contributed by atoms with Gasteiger partial charge in [-0.3, -0.25) is 0 Å². The molecule has 0 unspecified atom stereocenters. The number of nitrogen functional groups attached to an aromatic ring is 1. The van der Waals surface area contributed by atoms with E-state index in [-0.39, 0.29) is 17.3 Å². The number of rotatable bonds is 4. The molecule has 4 rings (SSSR count). The summed E-state index contributed by atoms with van der Waals surface area (Å²) in [5.41, 5.74) is 7.89. The van der Waals surface area contributed by atoms with Crippen LogP contribution in [0.25, 0.3) is 28.2 Å². The highest BCUT2D eigenvalue weighted by atomic mass is 19.2. The average molecular weight is 380 g/mol. The van der Waals surface area contributed by atoms with Gasteiger partial charge in [-0.05, 0) is 46.3 Å². The van der Waals surface area contributed by atoms with Crippen molar-refractivity contribution < 1.29 is 13.5 Å². The van der Waals surface area contributed by atoms with Crippen LogP contribution in [0.5, 0.6) is 5.75 Å². The molecule has 0 radical (unpaired) electrons. The lowest BCUT2D eigenvalue weighted by atomic mass is 10.0. The molecule has 2 N–H and O–H groups in total. The molecular weight excluding hydrogens is 366 g/mol. The number of ether oxygens (including phenoxy) is 1. The van der Waals surface area contributed by atoms with Crippen molar-refractivity contribution in [1.29, 1.82) is 0 Å². The molecule has 0 aliphatic heterocycles. The molecule has 0 spiro atoms. The van der Waals surface area contributed by atoms with E-state index in [1.54, 1.807) is 19.4 Å². The Bertz CT molecular complexity index is 1140. The minimum Gasteiger partial charge on any atom is -0.497 e. The van der Waals surface area contributed by atoms with E-state index in [0.29, 0.717) is 5.56 Å². The van der Waals surface area contributed by atoms with Crippen LogP contribution >= 0.6 is 0 Å². The van der Waals surface area contributed by atoms with Crippen LogP contribution in [0.3, 0.4) is 0 Å². The fourth-order valence-corrected chi connectivity index (χ4v) is 2.77. The smallest absolute Gasteiger partial charge is 0.190 e. The van der Waals surface area contributed by atoms with Crippen molar-refractivity contribution in [2.45, 2.75) is 0 Å². The van der Waals surface area contributed by atoms with Crippen LogP contribution in [-0.4, -0.2) is 32.3 Å². The van der Waals surface area contributed by atoms with Gasteiger partial charge in [-0.2, -0.15) is 4.68 Å². The Hall–Kier alpha value is -3.88. The number of hydrogen-bond donors (Lipinski definition) is 1. The molecular formula is C19H14F2N6O. The van der Waals surface area contributed by atoms with Crippen LogP contribution in [-0.2, 0) is 0 Å². The van der Waals surface area contributed by atoms with E-state index in [9.17, 15) is 8.78 Å². The molecule has 2 heterocycles. The Balaban J connectivity index is 1.82. The summed E-state index contributed by atoms with van der Waals surface area (Å²) in [6.07, 6.45) is 1.61. The number of pyridine rings is 1. The predicted octanol–water partition coefficient (Wildman–Crippen LogP) is 3.26. The molecule has 4 aromatic rings. The summed E-state index contributed by atoms with van der Waals surface area (Å²) in [5.74, 6) is -1.04. The Morgan fingerprint density at radius 3 is 2.57 bits per heavy atom. The van der Waals surface area contributed by atoms with Crippen molar-refractivity contribution in [2.24, 2.45) is 0 Å². The number of tetrazole rings is 1. The van der Waals surface area contributed by atoms with E-state index in [1.165, 1.54) is 12.1 Å². The van der Waals surface area contributed by atoms with E-state index in [0.717, 1.165) is 27.6 Å². The van der Waals surface area contributed by atoms with Gasteiger partial charge in [0.25, 0.3) is 0 Å². The Kier molecular flexibility index (Phi) is 4.40. The molecule has 0 saturated carbocycles. The Morgan fingerprint density at radius 2 is 1.82 bits per heavy atom. The van der Waals surface area contributed by atoms with Crippen LogP contribution in [0, 0.1) is 11.6 Å². The highest BCUT2D eigenvalue weighted by Crippen LogP contribution is 2.30. The summed E-state index contributed by atoms with van der Waals surface area (Å²) in [6.45, 7) is 0. The van der Waals surface area contributed by atoms with E-state index < -0.39 is 11.6 Å². The van der Waals surface area contributed by atoms with Crippen LogP contribution in [0.4, 0.5) is 14.6 Å². The monoisotopic (exact) mass is 380 g/mol. The van der Waals surface area contributed by atoms with Gasteiger partial charge < -0.3 is 10.5 Å². The zero-order valence-corrected chi connectivity index (χ0v) is 14.7. The molecule has 0 bridgehead atoms. The molecule has 0 saturated heterocycles. The summed E-state index contributed by atoms with van der Waals surface area (Å²) in [7, 11) is 1.59. The van der Waals surface area contributed by atoms with Gasteiger partial charge in [-0.25, -0.2) is 13.8 Å². The van der Waals surface area contributed by atoms with Gasteiger partial charge in [-0.15, -0.1) is 5.10 Å². The van der Waals surface area contributed by atoms with E-state index >= 15 is 0 Å². The Labute approximate surface area is 158 Å². The summed E-state index contributed by atoms with van der Waals surface area (Å²) in [5, 5.41) is 11.3. The SMILES string of the molecule is COc1ccc(-c2cnc(N)c(-c3nnnn3-c3cccc(F)c3F)c2)cc1. The maximum absolute atomic E-state index is 14.2. The Morgan fingerprint density at radius 1 is 1.04 bits per heavy atom. The lowest BCUT2D eigenvalue weighted by Gasteiger charge is -2.10. The van der Waals surface area contributed by atoms with Gasteiger partial charge in [-0.1, -0.05) is 18.2 Å². The molecule has 9 heteroatoms. The van der Waals surface area contributed by atoms with E-state index in [2.05, 4.69) is 20.5 Å². The molecule has 2 aromatic heterocycles. The largest absolute Gasteiger partial charge is 0.497 e. The standard InChI is InChI=1S/C19H14F2N6O/c1-28-13-7-5-11(6-8-13)12-9-14(18(22)23-10-12)19-24-25-26-27(19)16-4-2-3-15(20)17(16)21/h2-10H,1H3,(H2,22,23). The highest BCUT2D eigenvalue weighted by Gasteiger charge is 2.19. The summed E-state index contributed by atoms with van der Waals surface area (Å²) >= 11 is 0. The summed E-state index contributed by atoms with van der Waals surface area (Å²) < 4.78 is 34.1. The molecule has 0 amide bonds. The molecule has 0 aliphatic carbocycles. The van der Waals surface area contributed by atoms with E-state index in [4.69, 9.17) is 10.5 Å². The number of nitrogens with two attached hydrogens (primary N) is 1. The predicted molar refractivity (Wildman–Crippen MR) is 98.7 cm³/mol. The van der Waals surface area contributed by atoms with E-state index in [1.807, 2.05) is 24.3 Å². The minimum absolute atomic E-state index is 0.130. The third-order valence-corrected chi connectivity index (χ3v) is 4.21. The number of anilines is 1. The second-order valence-electron chi connectivity index (χ2n) is 5.87. The third-order valence-electron chi connectivity index (χ3n) is 4.21. The number of hydrogen-bond acceptors (Lipinski definition) is 6. The first-order valence-electron chi connectivity index (χ1n) is 8.21. The van der Waals surface area contributed by atoms with Crippen LogP contribution in [0.2, 0.25) is 0 Å². The number of halogens is 2. The van der Waals surface area contributed by atoms with Gasteiger partial charge in [0, 0.05) is 11.8 Å². The fourth-order valence-electron chi connectivity index (χ4n) is 2.77. The summed E-state index contributed by atoms with van der Waals surface area (Å²) in [4.78, 5) is 4.20. The van der Waals surface area contributed by atoms with Gasteiger partial charge in [0.2, 0.25) is 0 Å². The molecule has 2 aromatic carbocycles. The van der Waals surface area contributed by atoms with Crippen molar-refractivity contribution in [3.63, 3.8) is 0 Å². The lowest BCUT2D eigenvalue weighted by molar-refractivity contribution is 0.415. The molecule has 0 aliphatic rings. The third kappa shape index (κ3) is 3.02. The van der Waals surface area contributed by atoms with Crippen molar-refractivity contribution in [3.8, 4) is 34.0 Å². The molecule has 0 fully saturated rings. The average Bonchev–Trinajstić information content (AvgIpc) is 3.20. The van der Waals surface area contributed by atoms with Crippen LogP contribution in [0.15, 0.2) is 54.7 Å². The number of methoxy groups -OCH3 is 1. The molecule has 7 nitrogen and oxygen atoms in total. The zero-order valence-electron chi connectivity index (χ0n) is 14.7. The van der Waals surface area contributed by atoms with Gasteiger partial charge in [0.1, 0.15) is 17.3 Å². The molecule has 0 atom stereocenters. The van der Waals surface area contributed by atoms with Gasteiger partial charge in [0.05, 0.1) is 12.7 Å². The van der Waals surface area contributed by atoms with Crippen LogP contribution in [0.1, 0.15) is 0 Å². The first-order chi connectivity index (χ1) is 13.6. The normalized spacial score (nSPS) is 10.8. The zero-order chi connectivity index (χ0) is 19.7. The second kappa shape index (κ2) is 7.03. The van der Waals surface area contributed by atoms with Crippen molar-refractivity contribution >= 4 is 5.82 Å². The summed E-state index contributed by atoms with van der Waals surface area (Å²) in [6, 6.07) is 12.9. The maximum Gasteiger partial charge on any atom is 0.190 e. The number of benzene rings is 2. The fraction of sp³-hybridized carbons (Fsp3) is 0.0526. The first kappa shape index (κ1) is 17.5. The van der Waals surface area contributed by atoms with Crippen molar-refractivity contribution in [1.82, 2.24) is 25.2 Å². The van der Waals surface area contributed by atoms with Gasteiger partial charge >= 0.3 is 0 Å². The van der Waals surface area contributed by atoms with Gasteiger partial charge in [0.15, 0.2) is 17.5 Å². The van der Waals surface area contributed by atoms with Crippen LogP contribution < -0.4 is 10.5 Å². The number of aromatic nitrogens is 5. The van der Waals surface area contributed by atoms with Crippen molar-refractivity contribution in [3.05, 3.63) is 66.4 Å². The number of nitrogens with zero attached hydrogens (tertiary/aromatic N) is 5. The molecule has 28 heavy (non-hydrogen) atoms. The second-order valence-corrected chi connectivity index (χ2v) is 5.87. The topological polar surface area (TPSA) is 91.7 Å². The maximum atomic E-state index is 14.2. The lowest BCUT2D eigenvalue weighted by Crippen LogP contribution is -2.06. The first-order valence-corrected chi connectivity index (χ1v) is 8.21. The highest BCUT2D eigenvalue weighted by molar-refractivity contribution is 5.76. The quantitative estimate of drug-likeness (QED) is 0.584. The van der Waals surface area contributed by atoms with Crippen molar-refractivity contribution in [2.75, 3.05) is 12.8 Å². The molecule has 140 valence electrons.